The monoisotopic (exact) mass is 427 g/mol. The summed E-state index contributed by atoms with van der Waals surface area (Å²) in [5, 5.41) is 2.85. The zero-order chi connectivity index (χ0) is 19.8. The Labute approximate surface area is 171 Å². The van der Waals surface area contributed by atoms with Crippen LogP contribution in [0.1, 0.15) is 35.7 Å². The molecule has 0 radical (unpaired) electrons. The number of aromatic nitrogens is 2. The smallest absolute Gasteiger partial charge is 0.223 e. The van der Waals surface area contributed by atoms with Crippen molar-refractivity contribution >= 4 is 29.7 Å². The highest BCUT2D eigenvalue weighted by Gasteiger charge is 2.32. The summed E-state index contributed by atoms with van der Waals surface area (Å²) >= 11 is 11.2. The fourth-order valence-corrected chi connectivity index (χ4v) is 4.51. The van der Waals surface area contributed by atoms with E-state index in [1.165, 1.54) is 12.1 Å². The molecule has 0 aliphatic carbocycles. The summed E-state index contributed by atoms with van der Waals surface area (Å²) in [6.45, 7) is 1.86. The summed E-state index contributed by atoms with van der Waals surface area (Å²) in [6, 6.07) is 2.40. The minimum atomic E-state index is -0.721. The first kappa shape index (κ1) is 19.5. The number of imidazole rings is 1. The van der Waals surface area contributed by atoms with E-state index in [2.05, 4.69) is 10.3 Å². The van der Waals surface area contributed by atoms with Crippen LogP contribution in [-0.4, -0.2) is 28.7 Å². The van der Waals surface area contributed by atoms with Gasteiger partial charge in [0.05, 0.1) is 17.3 Å². The van der Waals surface area contributed by atoms with Gasteiger partial charge in [0.1, 0.15) is 11.6 Å². The van der Waals surface area contributed by atoms with Gasteiger partial charge in [0, 0.05) is 42.9 Å². The van der Waals surface area contributed by atoms with E-state index >= 15 is 0 Å². The highest BCUT2D eigenvalue weighted by Crippen LogP contribution is 2.36. The number of carbonyl (C=O) groups excluding carboxylic acids is 1. The van der Waals surface area contributed by atoms with Gasteiger partial charge < -0.3 is 19.6 Å². The first-order valence-electron chi connectivity index (χ1n) is 9.25. The lowest BCUT2D eigenvalue weighted by molar-refractivity contribution is -0.128. The lowest BCUT2D eigenvalue weighted by atomic mass is 9.95. The van der Waals surface area contributed by atoms with Gasteiger partial charge in [-0.2, -0.15) is 0 Å². The van der Waals surface area contributed by atoms with Crippen LogP contribution in [0.5, 0.6) is 0 Å². The van der Waals surface area contributed by atoms with E-state index < -0.39 is 17.6 Å². The summed E-state index contributed by atoms with van der Waals surface area (Å²) in [6.07, 6.45) is 1.85. The van der Waals surface area contributed by atoms with E-state index in [1.54, 1.807) is 0 Å². The number of carbonyl (C=O) groups is 1. The van der Waals surface area contributed by atoms with Gasteiger partial charge >= 0.3 is 0 Å². The number of H-pyrrole nitrogens is 1. The molecular formula is C19H20ClF2N3O2S. The van der Waals surface area contributed by atoms with Gasteiger partial charge in [0.25, 0.3) is 0 Å². The Balaban J connectivity index is 1.50. The molecule has 1 saturated heterocycles. The average molecular weight is 428 g/mol. The Kier molecular flexibility index (Phi) is 5.53. The lowest BCUT2D eigenvalue weighted by Gasteiger charge is -2.21. The van der Waals surface area contributed by atoms with E-state index in [1.807, 2.05) is 4.57 Å². The maximum atomic E-state index is 14.4. The van der Waals surface area contributed by atoms with Gasteiger partial charge in [0.2, 0.25) is 5.91 Å². The van der Waals surface area contributed by atoms with Crippen LogP contribution in [0.15, 0.2) is 12.1 Å². The molecule has 5 nitrogen and oxygen atoms in total. The first-order valence-corrected chi connectivity index (χ1v) is 10.0. The topological polar surface area (TPSA) is 59.0 Å². The third-order valence-electron chi connectivity index (χ3n) is 5.54. The second-order valence-electron chi connectivity index (χ2n) is 7.23. The van der Waals surface area contributed by atoms with Gasteiger partial charge in [-0.25, -0.2) is 8.78 Å². The molecule has 1 amide bonds. The Bertz CT molecular complexity index is 969. The molecule has 1 fully saturated rings. The largest absolute Gasteiger partial charge is 0.381 e. The average Bonchev–Trinajstić information content (AvgIpc) is 3.24. The number of ether oxygens (including phenoxy) is 1. The fraction of sp³-hybridized carbons (Fsp3) is 0.474. The molecule has 28 heavy (non-hydrogen) atoms. The highest BCUT2D eigenvalue weighted by atomic mass is 35.5. The van der Waals surface area contributed by atoms with E-state index in [4.69, 9.17) is 28.6 Å². The Morgan fingerprint density at radius 2 is 2.11 bits per heavy atom. The van der Waals surface area contributed by atoms with Crippen molar-refractivity contribution in [2.45, 2.75) is 38.3 Å². The third kappa shape index (κ3) is 3.60. The van der Waals surface area contributed by atoms with Crippen molar-refractivity contribution in [3.63, 3.8) is 0 Å². The number of rotatable bonds is 4. The van der Waals surface area contributed by atoms with E-state index in [-0.39, 0.29) is 22.4 Å². The number of aromatic amines is 1. The minimum absolute atomic E-state index is 0.0101. The van der Waals surface area contributed by atoms with Crippen molar-refractivity contribution in [2.24, 2.45) is 5.92 Å². The Morgan fingerprint density at radius 1 is 1.36 bits per heavy atom. The molecule has 1 aromatic carbocycles. The fourth-order valence-electron chi connectivity index (χ4n) is 4.04. The predicted octanol–water partition coefficient (Wildman–Crippen LogP) is 3.86. The molecule has 2 aliphatic heterocycles. The number of halogens is 3. The molecule has 0 saturated carbocycles. The van der Waals surface area contributed by atoms with Crippen molar-refractivity contribution in [3.8, 4) is 0 Å². The van der Waals surface area contributed by atoms with Crippen molar-refractivity contribution < 1.29 is 18.3 Å². The maximum Gasteiger partial charge on any atom is 0.223 e. The number of nitrogens with zero attached hydrogens (tertiary/aromatic N) is 1. The SMILES string of the molecule is O=C(NCc1[nH]c(=S)n2c1C[C@@H](c1c(F)ccc(Cl)c1F)C2)C1CCOCC1. The van der Waals surface area contributed by atoms with E-state index in [0.717, 1.165) is 11.4 Å². The van der Waals surface area contributed by atoms with Crippen molar-refractivity contribution in [3.05, 3.63) is 50.5 Å². The van der Waals surface area contributed by atoms with Crippen LogP contribution in [0.2, 0.25) is 5.02 Å². The van der Waals surface area contributed by atoms with Gasteiger partial charge in [-0.1, -0.05) is 11.6 Å². The van der Waals surface area contributed by atoms with Crippen LogP contribution in [0, 0.1) is 22.3 Å². The molecule has 2 aromatic rings. The molecule has 150 valence electrons. The number of nitrogens with one attached hydrogen (secondary N) is 2. The molecule has 4 rings (SSSR count). The molecule has 1 aromatic heterocycles. The predicted molar refractivity (Wildman–Crippen MR) is 103 cm³/mol. The molecule has 3 heterocycles. The van der Waals surface area contributed by atoms with Gasteiger partial charge in [-0.3, -0.25) is 4.79 Å². The third-order valence-corrected chi connectivity index (χ3v) is 6.15. The van der Waals surface area contributed by atoms with E-state index in [9.17, 15) is 13.6 Å². The zero-order valence-electron chi connectivity index (χ0n) is 15.1. The number of amides is 1. The summed E-state index contributed by atoms with van der Waals surface area (Å²) < 4.78 is 36.3. The number of fused-ring (bicyclic) bond motifs is 1. The van der Waals surface area contributed by atoms with Crippen molar-refractivity contribution in [1.82, 2.24) is 14.9 Å². The van der Waals surface area contributed by atoms with Crippen LogP contribution in [0.25, 0.3) is 0 Å². The molecule has 2 N–H and O–H groups in total. The minimum Gasteiger partial charge on any atom is -0.381 e. The number of hydrogen-bond acceptors (Lipinski definition) is 3. The number of benzene rings is 1. The first-order chi connectivity index (χ1) is 13.5. The summed E-state index contributed by atoms with van der Waals surface area (Å²) in [4.78, 5) is 15.5. The molecule has 1 atom stereocenters. The number of hydrogen-bond donors (Lipinski definition) is 2. The normalized spacial score (nSPS) is 19.6. The van der Waals surface area contributed by atoms with Crippen molar-refractivity contribution in [2.75, 3.05) is 13.2 Å². The van der Waals surface area contributed by atoms with E-state index in [0.29, 0.717) is 50.3 Å². The lowest BCUT2D eigenvalue weighted by Crippen LogP contribution is -2.34. The second-order valence-corrected chi connectivity index (χ2v) is 8.02. The molecule has 0 unspecified atom stereocenters. The standard InChI is InChI=1S/C19H20ClF2N3O2S/c20-12-1-2-13(21)16(17(12)22)11-7-15-14(24-19(28)25(15)9-11)8-23-18(26)10-3-5-27-6-4-10/h1-2,10-11H,3-9H2,(H,23,26)(H,24,28)/t11-/m1/s1. The molecular weight excluding hydrogens is 408 g/mol. The van der Waals surface area contributed by atoms with Crippen LogP contribution < -0.4 is 5.32 Å². The summed E-state index contributed by atoms with van der Waals surface area (Å²) in [5.74, 6) is -1.78. The quantitative estimate of drug-likeness (QED) is 0.575. The van der Waals surface area contributed by atoms with Crippen LogP contribution >= 0.6 is 23.8 Å². The Morgan fingerprint density at radius 3 is 2.86 bits per heavy atom. The Hall–Kier alpha value is -1.77. The molecule has 0 bridgehead atoms. The summed E-state index contributed by atoms with van der Waals surface area (Å²) in [5.41, 5.74) is 1.62. The second kappa shape index (κ2) is 7.93. The van der Waals surface area contributed by atoms with Gasteiger partial charge in [-0.05, 0) is 43.6 Å². The molecule has 9 heteroatoms. The molecule has 0 spiro atoms. The van der Waals surface area contributed by atoms with Crippen LogP contribution in [0.4, 0.5) is 8.78 Å². The molecule has 2 aliphatic rings. The van der Waals surface area contributed by atoms with Gasteiger partial charge in [-0.15, -0.1) is 0 Å². The highest BCUT2D eigenvalue weighted by molar-refractivity contribution is 7.71. The van der Waals surface area contributed by atoms with Crippen molar-refractivity contribution in [1.29, 1.82) is 0 Å². The van der Waals surface area contributed by atoms with Gasteiger partial charge in [0.15, 0.2) is 4.77 Å². The van der Waals surface area contributed by atoms with Crippen LogP contribution in [0.3, 0.4) is 0 Å². The summed E-state index contributed by atoms with van der Waals surface area (Å²) in [7, 11) is 0. The zero-order valence-corrected chi connectivity index (χ0v) is 16.6. The maximum absolute atomic E-state index is 14.4. The van der Waals surface area contributed by atoms with Crippen LogP contribution in [-0.2, 0) is 29.0 Å².